The highest BCUT2D eigenvalue weighted by atomic mass is 19.1. The summed E-state index contributed by atoms with van der Waals surface area (Å²) in [5.41, 5.74) is 1.28. The van der Waals surface area contributed by atoms with Gasteiger partial charge in [0.2, 0.25) is 5.78 Å². The number of amides is 1. The molecule has 0 heterocycles. The summed E-state index contributed by atoms with van der Waals surface area (Å²) in [5, 5.41) is 2.27. The molecule has 0 saturated heterocycles. The zero-order valence-corrected chi connectivity index (χ0v) is 13.9. The van der Waals surface area contributed by atoms with Gasteiger partial charge in [0.25, 0.3) is 5.91 Å². The summed E-state index contributed by atoms with van der Waals surface area (Å²) in [6, 6.07) is 12.3. The molecule has 25 heavy (non-hydrogen) atoms. The first-order chi connectivity index (χ1) is 11.9. The summed E-state index contributed by atoms with van der Waals surface area (Å²) in [5.74, 6) is -2.53. The van der Waals surface area contributed by atoms with Gasteiger partial charge in [0, 0.05) is 5.56 Å². The topological polar surface area (TPSA) is 72.5 Å². The Balaban J connectivity index is 1.87. The highest BCUT2D eigenvalue weighted by Crippen LogP contribution is 2.09. The molecule has 1 amide bonds. The molecule has 0 spiro atoms. The van der Waals surface area contributed by atoms with Crippen LogP contribution in [0.2, 0.25) is 0 Å². The lowest BCUT2D eigenvalue weighted by atomic mass is 10.1. The van der Waals surface area contributed by atoms with Crippen LogP contribution >= 0.6 is 0 Å². The standard InChI is InChI=1S/C19H18FNO4/c1-12-7-9-14(10-8-12)18(23)13(2)25-17(22)11-21-19(24)15-5-3-4-6-16(15)20/h3-10,13H,11H2,1-2H3,(H,21,24)/t13-/m0/s1. The average molecular weight is 343 g/mol. The van der Waals surface area contributed by atoms with Crippen molar-refractivity contribution in [2.24, 2.45) is 0 Å². The van der Waals surface area contributed by atoms with Gasteiger partial charge in [-0.15, -0.1) is 0 Å². The van der Waals surface area contributed by atoms with E-state index in [0.29, 0.717) is 5.56 Å². The van der Waals surface area contributed by atoms with Crippen molar-refractivity contribution in [3.8, 4) is 0 Å². The number of hydrogen-bond donors (Lipinski definition) is 1. The molecular weight excluding hydrogens is 325 g/mol. The quantitative estimate of drug-likeness (QED) is 0.646. The van der Waals surface area contributed by atoms with E-state index in [4.69, 9.17) is 4.74 Å². The summed E-state index contributed by atoms with van der Waals surface area (Å²) in [6.07, 6.45) is -0.986. The molecule has 0 saturated carbocycles. The number of benzene rings is 2. The van der Waals surface area contributed by atoms with E-state index in [2.05, 4.69) is 5.32 Å². The predicted octanol–water partition coefficient (Wildman–Crippen LogP) is 2.68. The van der Waals surface area contributed by atoms with E-state index in [1.165, 1.54) is 25.1 Å². The smallest absolute Gasteiger partial charge is 0.326 e. The van der Waals surface area contributed by atoms with Crippen molar-refractivity contribution in [1.82, 2.24) is 5.32 Å². The molecule has 0 aliphatic rings. The molecule has 0 fully saturated rings. The maximum atomic E-state index is 13.5. The lowest BCUT2D eigenvalue weighted by Crippen LogP contribution is -2.34. The summed E-state index contributed by atoms with van der Waals surface area (Å²) in [6.45, 7) is 2.90. The Morgan fingerprint density at radius 1 is 1.08 bits per heavy atom. The Morgan fingerprint density at radius 2 is 1.72 bits per heavy atom. The van der Waals surface area contributed by atoms with Crippen molar-refractivity contribution in [3.05, 3.63) is 71.0 Å². The van der Waals surface area contributed by atoms with Gasteiger partial charge in [0.05, 0.1) is 5.56 Å². The molecule has 0 unspecified atom stereocenters. The number of aryl methyl sites for hydroxylation is 1. The number of Topliss-reactive ketones (excluding diaryl/α,β-unsaturated/α-hetero) is 1. The highest BCUT2D eigenvalue weighted by Gasteiger charge is 2.20. The van der Waals surface area contributed by atoms with Gasteiger partial charge >= 0.3 is 5.97 Å². The average Bonchev–Trinajstić information content (AvgIpc) is 2.60. The summed E-state index contributed by atoms with van der Waals surface area (Å²) < 4.78 is 18.5. The SMILES string of the molecule is Cc1ccc(C(=O)[C@H](C)OC(=O)CNC(=O)c2ccccc2F)cc1. The lowest BCUT2D eigenvalue weighted by Gasteiger charge is -2.13. The molecule has 0 aromatic heterocycles. The fourth-order valence-corrected chi connectivity index (χ4v) is 2.14. The number of carbonyl (C=O) groups excluding carboxylic acids is 3. The molecule has 0 radical (unpaired) electrons. The maximum absolute atomic E-state index is 13.5. The van der Waals surface area contributed by atoms with Crippen molar-refractivity contribution >= 4 is 17.7 Å². The third kappa shape index (κ3) is 4.97. The number of rotatable bonds is 6. The molecule has 2 aromatic rings. The van der Waals surface area contributed by atoms with Gasteiger partial charge in [0.1, 0.15) is 12.4 Å². The van der Waals surface area contributed by atoms with Crippen LogP contribution in [0.5, 0.6) is 0 Å². The van der Waals surface area contributed by atoms with Crippen LogP contribution < -0.4 is 5.32 Å². The minimum absolute atomic E-state index is 0.168. The van der Waals surface area contributed by atoms with Crippen molar-refractivity contribution in [1.29, 1.82) is 0 Å². The minimum atomic E-state index is -0.986. The Hall–Kier alpha value is -3.02. The van der Waals surface area contributed by atoms with E-state index >= 15 is 0 Å². The zero-order chi connectivity index (χ0) is 18.4. The Bertz CT molecular complexity index is 786. The Kier molecular flexibility index (Phi) is 6.00. The Labute approximate surface area is 144 Å². The first-order valence-electron chi connectivity index (χ1n) is 7.71. The third-order valence-electron chi connectivity index (χ3n) is 3.53. The molecule has 2 aromatic carbocycles. The monoisotopic (exact) mass is 343 g/mol. The highest BCUT2D eigenvalue weighted by molar-refractivity contribution is 6.00. The van der Waals surface area contributed by atoms with E-state index in [1.54, 1.807) is 24.3 Å². The molecule has 130 valence electrons. The number of carbonyl (C=O) groups is 3. The molecule has 5 nitrogen and oxygen atoms in total. The fourth-order valence-electron chi connectivity index (χ4n) is 2.14. The van der Waals surface area contributed by atoms with Gasteiger partial charge in [-0.2, -0.15) is 0 Å². The van der Waals surface area contributed by atoms with Gasteiger partial charge in [0.15, 0.2) is 6.10 Å². The molecule has 6 heteroatoms. The second-order valence-corrected chi connectivity index (χ2v) is 5.52. The zero-order valence-electron chi connectivity index (χ0n) is 13.9. The van der Waals surface area contributed by atoms with Crippen molar-refractivity contribution in [2.75, 3.05) is 6.54 Å². The normalized spacial score (nSPS) is 11.5. The molecule has 1 N–H and O–H groups in total. The van der Waals surface area contributed by atoms with Crippen LogP contribution in [0.15, 0.2) is 48.5 Å². The molecular formula is C19H18FNO4. The van der Waals surface area contributed by atoms with Crippen molar-refractivity contribution < 1.29 is 23.5 Å². The van der Waals surface area contributed by atoms with E-state index < -0.39 is 30.3 Å². The van der Waals surface area contributed by atoms with Crippen LogP contribution in [0, 0.1) is 12.7 Å². The summed E-state index contributed by atoms with van der Waals surface area (Å²) >= 11 is 0. The van der Waals surface area contributed by atoms with Crippen LogP contribution in [0.3, 0.4) is 0 Å². The van der Waals surface area contributed by atoms with Gasteiger partial charge < -0.3 is 10.1 Å². The molecule has 2 rings (SSSR count). The van der Waals surface area contributed by atoms with E-state index in [1.807, 2.05) is 6.92 Å². The number of nitrogens with one attached hydrogen (secondary N) is 1. The molecule has 0 aliphatic carbocycles. The van der Waals surface area contributed by atoms with E-state index in [0.717, 1.165) is 11.6 Å². The van der Waals surface area contributed by atoms with Gasteiger partial charge in [-0.05, 0) is 26.0 Å². The number of hydrogen-bond acceptors (Lipinski definition) is 4. The molecule has 0 aliphatic heterocycles. The first-order valence-corrected chi connectivity index (χ1v) is 7.71. The van der Waals surface area contributed by atoms with Crippen LogP contribution in [-0.2, 0) is 9.53 Å². The van der Waals surface area contributed by atoms with E-state index in [9.17, 15) is 18.8 Å². The summed E-state index contributed by atoms with van der Waals surface area (Å²) in [7, 11) is 0. The van der Waals surface area contributed by atoms with Crippen molar-refractivity contribution in [3.63, 3.8) is 0 Å². The largest absolute Gasteiger partial charge is 0.453 e. The Morgan fingerprint density at radius 3 is 2.36 bits per heavy atom. The van der Waals surface area contributed by atoms with Gasteiger partial charge in [-0.25, -0.2) is 4.39 Å². The van der Waals surface area contributed by atoms with Crippen molar-refractivity contribution in [2.45, 2.75) is 20.0 Å². The van der Waals surface area contributed by atoms with Crippen LogP contribution in [-0.4, -0.2) is 30.3 Å². The number of esters is 1. The van der Waals surface area contributed by atoms with Crippen LogP contribution in [0.25, 0.3) is 0 Å². The van der Waals surface area contributed by atoms with E-state index in [-0.39, 0.29) is 11.3 Å². The number of halogens is 1. The number of ketones is 1. The second-order valence-electron chi connectivity index (χ2n) is 5.52. The molecule has 1 atom stereocenters. The lowest BCUT2D eigenvalue weighted by molar-refractivity contribution is -0.145. The van der Waals surface area contributed by atoms with Gasteiger partial charge in [-0.3, -0.25) is 14.4 Å². The third-order valence-corrected chi connectivity index (χ3v) is 3.53. The maximum Gasteiger partial charge on any atom is 0.326 e. The second kappa shape index (κ2) is 8.19. The number of ether oxygens (including phenoxy) is 1. The summed E-state index contributed by atoms with van der Waals surface area (Å²) in [4.78, 5) is 35.8. The predicted molar refractivity (Wildman–Crippen MR) is 89.8 cm³/mol. The van der Waals surface area contributed by atoms with Crippen LogP contribution in [0.1, 0.15) is 33.2 Å². The molecule has 0 bridgehead atoms. The fraction of sp³-hybridized carbons (Fsp3) is 0.211. The minimum Gasteiger partial charge on any atom is -0.453 e. The first kappa shape index (κ1) is 18.3. The van der Waals surface area contributed by atoms with Crippen LogP contribution in [0.4, 0.5) is 4.39 Å². The van der Waals surface area contributed by atoms with Gasteiger partial charge in [-0.1, -0.05) is 42.0 Å².